The van der Waals surface area contributed by atoms with E-state index in [1.807, 2.05) is 6.07 Å². The van der Waals surface area contributed by atoms with Crippen molar-refractivity contribution in [2.24, 2.45) is 5.73 Å². The van der Waals surface area contributed by atoms with Gasteiger partial charge in [0.15, 0.2) is 5.15 Å². The van der Waals surface area contributed by atoms with Gasteiger partial charge in [0.25, 0.3) is 0 Å². The van der Waals surface area contributed by atoms with Crippen LogP contribution in [0.4, 0.5) is 10.5 Å². The molecule has 98 valence electrons. The van der Waals surface area contributed by atoms with Crippen molar-refractivity contribution in [2.45, 2.75) is 18.9 Å². The number of piperidine rings is 1. The summed E-state index contributed by atoms with van der Waals surface area (Å²) >= 11 is 9.37. The van der Waals surface area contributed by atoms with Crippen molar-refractivity contribution in [3.8, 4) is 0 Å². The highest BCUT2D eigenvalue weighted by Crippen LogP contribution is 2.25. The Kier molecular flexibility index (Phi) is 4.29. The fourth-order valence-corrected chi connectivity index (χ4v) is 2.48. The summed E-state index contributed by atoms with van der Waals surface area (Å²) in [6.45, 7) is 1.35. The molecule has 0 aromatic carbocycles. The molecule has 1 aliphatic rings. The molecule has 1 aromatic heterocycles. The van der Waals surface area contributed by atoms with Crippen LogP contribution in [0.1, 0.15) is 12.8 Å². The maximum atomic E-state index is 11.0. The van der Waals surface area contributed by atoms with E-state index in [0.29, 0.717) is 18.2 Å². The zero-order valence-corrected chi connectivity index (χ0v) is 12.0. The van der Waals surface area contributed by atoms with E-state index in [-0.39, 0.29) is 12.1 Å². The van der Waals surface area contributed by atoms with Crippen LogP contribution in [-0.4, -0.2) is 35.0 Å². The van der Waals surface area contributed by atoms with Gasteiger partial charge in [-0.3, -0.25) is 0 Å². The topological polar surface area (TPSA) is 71.2 Å². The van der Waals surface area contributed by atoms with Crippen LogP contribution in [0, 0.1) is 0 Å². The van der Waals surface area contributed by atoms with Crippen LogP contribution < -0.4 is 11.1 Å². The third-order valence-corrected chi connectivity index (χ3v) is 3.71. The van der Waals surface area contributed by atoms with Gasteiger partial charge >= 0.3 is 6.03 Å². The lowest BCUT2D eigenvalue weighted by atomic mass is 10.1. The maximum absolute atomic E-state index is 11.0. The molecule has 1 aliphatic heterocycles. The number of carbonyl (C=O) groups is 1. The van der Waals surface area contributed by atoms with Crippen LogP contribution in [-0.2, 0) is 0 Å². The zero-order chi connectivity index (χ0) is 13.1. The van der Waals surface area contributed by atoms with E-state index in [1.54, 1.807) is 11.1 Å². The second-order valence-electron chi connectivity index (χ2n) is 4.24. The Morgan fingerprint density at radius 3 is 2.83 bits per heavy atom. The predicted octanol–water partition coefficient (Wildman–Crippen LogP) is 2.45. The molecule has 3 N–H and O–H groups in total. The first-order valence-corrected chi connectivity index (χ1v) is 6.85. The number of rotatable bonds is 2. The van der Waals surface area contributed by atoms with Gasteiger partial charge in [-0.25, -0.2) is 9.78 Å². The number of aromatic nitrogens is 1. The zero-order valence-electron chi connectivity index (χ0n) is 9.70. The second-order valence-corrected chi connectivity index (χ2v) is 5.51. The predicted molar refractivity (Wildman–Crippen MR) is 74.7 cm³/mol. The van der Waals surface area contributed by atoms with E-state index in [1.165, 1.54) is 0 Å². The molecule has 18 heavy (non-hydrogen) atoms. The van der Waals surface area contributed by atoms with E-state index in [0.717, 1.165) is 23.0 Å². The molecule has 1 fully saturated rings. The number of carbonyl (C=O) groups excluding carboxylic acids is 1. The van der Waals surface area contributed by atoms with E-state index < -0.39 is 0 Å². The summed E-state index contributed by atoms with van der Waals surface area (Å²) in [6.07, 6.45) is 3.36. The van der Waals surface area contributed by atoms with Gasteiger partial charge in [-0.15, -0.1) is 0 Å². The molecule has 0 aliphatic carbocycles. The van der Waals surface area contributed by atoms with Gasteiger partial charge in [-0.2, -0.15) is 0 Å². The number of anilines is 1. The normalized spacial score (nSPS) is 16.7. The number of urea groups is 1. The van der Waals surface area contributed by atoms with Gasteiger partial charge in [-0.05, 0) is 34.8 Å². The average Bonchev–Trinajstić information content (AvgIpc) is 2.34. The van der Waals surface area contributed by atoms with Crippen LogP contribution in [0.15, 0.2) is 16.7 Å². The molecule has 2 amide bonds. The Labute approximate surface area is 119 Å². The highest BCUT2D eigenvalue weighted by Gasteiger charge is 2.21. The largest absolute Gasteiger partial charge is 0.380 e. The van der Waals surface area contributed by atoms with Crippen LogP contribution in [0.3, 0.4) is 0 Å². The SMILES string of the molecule is NC(=O)N1CCC(Nc2cc(Br)cnc2Cl)CC1. The molecule has 0 spiro atoms. The highest BCUT2D eigenvalue weighted by molar-refractivity contribution is 9.10. The minimum atomic E-state index is -0.351. The summed E-state index contributed by atoms with van der Waals surface area (Å²) in [6, 6.07) is 1.83. The Morgan fingerprint density at radius 1 is 1.56 bits per heavy atom. The van der Waals surface area contributed by atoms with Crippen molar-refractivity contribution >= 4 is 39.2 Å². The number of hydrogen-bond acceptors (Lipinski definition) is 3. The highest BCUT2D eigenvalue weighted by atomic mass is 79.9. The summed E-state index contributed by atoms with van der Waals surface area (Å²) in [4.78, 5) is 16.7. The first kappa shape index (κ1) is 13.4. The fraction of sp³-hybridized carbons (Fsp3) is 0.455. The Morgan fingerprint density at radius 2 is 2.22 bits per heavy atom. The van der Waals surface area contributed by atoms with E-state index >= 15 is 0 Å². The lowest BCUT2D eigenvalue weighted by Gasteiger charge is -2.31. The number of primary amides is 1. The fourth-order valence-electron chi connectivity index (χ4n) is 1.99. The molecule has 2 rings (SSSR count). The summed E-state index contributed by atoms with van der Waals surface area (Å²) in [7, 11) is 0. The van der Waals surface area contributed by atoms with Gasteiger partial charge in [-0.1, -0.05) is 11.6 Å². The number of nitrogens with zero attached hydrogens (tertiary/aromatic N) is 2. The van der Waals surface area contributed by atoms with Crippen LogP contribution in [0.2, 0.25) is 5.15 Å². The standard InChI is InChI=1S/C11H14BrClN4O/c12-7-5-9(10(13)15-6-7)16-8-1-3-17(4-2-8)11(14)18/h5-6,8,16H,1-4H2,(H2,14,18). The molecule has 0 radical (unpaired) electrons. The van der Waals surface area contributed by atoms with Crippen molar-refractivity contribution < 1.29 is 4.79 Å². The van der Waals surface area contributed by atoms with Gasteiger partial charge < -0.3 is 16.0 Å². The van der Waals surface area contributed by atoms with Crippen LogP contribution in [0.5, 0.6) is 0 Å². The van der Waals surface area contributed by atoms with Crippen molar-refractivity contribution in [1.82, 2.24) is 9.88 Å². The van der Waals surface area contributed by atoms with E-state index in [9.17, 15) is 4.79 Å². The van der Waals surface area contributed by atoms with Gasteiger partial charge in [0.05, 0.1) is 5.69 Å². The summed E-state index contributed by atoms with van der Waals surface area (Å²) in [5.41, 5.74) is 6.05. The molecule has 0 atom stereocenters. The molecule has 0 unspecified atom stereocenters. The number of likely N-dealkylation sites (tertiary alicyclic amines) is 1. The van der Waals surface area contributed by atoms with Crippen molar-refractivity contribution in [2.75, 3.05) is 18.4 Å². The first-order chi connectivity index (χ1) is 8.56. The van der Waals surface area contributed by atoms with Gasteiger partial charge in [0.1, 0.15) is 0 Å². The first-order valence-electron chi connectivity index (χ1n) is 5.68. The van der Waals surface area contributed by atoms with Crippen molar-refractivity contribution in [1.29, 1.82) is 0 Å². The van der Waals surface area contributed by atoms with Crippen molar-refractivity contribution in [3.05, 3.63) is 21.9 Å². The van der Waals surface area contributed by atoms with E-state index in [2.05, 4.69) is 26.2 Å². The monoisotopic (exact) mass is 332 g/mol. The molecule has 7 heteroatoms. The molecule has 1 saturated heterocycles. The smallest absolute Gasteiger partial charge is 0.314 e. The second kappa shape index (κ2) is 5.75. The Hall–Kier alpha value is -1.01. The number of amides is 2. The maximum Gasteiger partial charge on any atom is 0.314 e. The number of nitrogens with one attached hydrogen (secondary N) is 1. The summed E-state index contributed by atoms with van der Waals surface area (Å²) in [5.74, 6) is 0. The third kappa shape index (κ3) is 3.26. The van der Waals surface area contributed by atoms with Crippen LogP contribution in [0.25, 0.3) is 0 Å². The number of nitrogens with two attached hydrogens (primary N) is 1. The molecule has 2 heterocycles. The Balaban J connectivity index is 1.95. The molecule has 0 bridgehead atoms. The van der Waals surface area contributed by atoms with Crippen LogP contribution >= 0.6 is 27.5 Å². The summed E-state index contributed by atoms with van der Waals surface area (Å²) < 4.78 is 0.879. The van der Waals surface area contributed by atoms with E-state index in [4.69, 9.17) is 17.3 Å². The molecule has 5 nitrogen and oxygen atoms in total. The number of pyridine rings is 1. The average molecular weight is 334 g/mol. The third-order valence-electron chi connectivity index (χ3n) is 2.97. The summed E-state index contributed by atoms with van der Waals surface area (Å²) in [5, 5.41) is 3.80. The lowest BCUT2D eigenvalue weighted by Crippen LogP contribution is -2.44. The lowest BCUT2D eigenvalue weighted by molar-refractivity contribution is 0.193. The molecular weight excluding hydrogens is 320 g/mol. The minimum absolute atomic E-state index is 0.286. The van der Waals surface area contributed by atoms with Gasteiger partial charge in [0, 0.05) is 29.8 Å². The number of halogens is 2. The molecule has 0 saturated carbocycles. The van der Waals surface area contributed by atoms with Gasteiger partial charge in [0.2, 0.25) is 0 Å². The molecular formula is C11H14BrClN4O. The number of hydrogen-bond donors (Lipinski definition) is 2. The van der Waals surface area contributed by atoms with Crippen molar-refractivity contribution in [3.63, 3.8) is 0 Å². The minimum Gasteiger partial charge on any atom is -0.380 e. The quantitative estimate of drug-likeness (QED) is 0.817. The molecule has 1 aromatic rings. The Bertz CT molecular complexity index is 449.